The van der Waals surface area contributed by atoms with Gasteiger partial charge in [-0.15, -0.1) is 0 Å². The van der Waals surface area contributed by atoms with Crippen LogP contribution in [0.4, 0.5) is 0 Å². The maximum absolute atomic E-state index is 11.9. The number of benzene rings is 1. The Labute approximate surface area is 132 Å². The first-order valence-corrected chi connectivity index (χ1v) is 7.32. The van der Waals surface area contributed by atoms with Crippen molar-refractivity contribution in [2.24, 2.45) is 0 Å². The van der Waals surface area contributed by atoms with Gasteiger partial charge in [0.05, 0.1) is 19.8 Å². The van der Waals surface area contributed by atoms with Gasteiger partial charge >= 0.3 is 0 Å². The van der Waals surface area contributed by atoms with Crippen LogP contribution >= 0.6 is 0 Å². The number of nitrogens with one attached hydrogen (secondary N) is 1. The van der Waals surface area contributed by atoms with E-state index in [2.05, 4.69) is 5.32 Å². The number of likely N-dealkylation sites (N-methyl/N-ethyl adjacent to an activating group) is 1. The maximum atomic E-state index is 11.9. The summed E-state index contributed by atoms with van der Waals surface area (Å²) in [7, 11) is 5.14. The van der Waals surface area contributed by atoms with Gasteiger partial charge in [0.1, 0.15) is 18.1 Å². The quantitative estimate of drug-likeness (QED) is 0.657. The van der Waals surface area contributed by atoms with Gasteiger partial charge in [0.2, 0.25) is 5.91 Å². The van der Waals surface area contributed by atoms with Gasteiger partial charge in [0, 0.05) is 20.2 Å². The zero-order chi connectivity index (χ0) is 16.4. The molecule has 1 aromatic carbocycles. The van der Waals surface area contributed by atoms with Crippen LogP contribution in [0, 0.1) is 0 Å². The van der Waals surface area contributed by atoms with E-state index in [1.54, 1.807) is 14.2 Å². The second kappa shape index (κ2) is 10.0. The Kier molecular flexibility index (Phi) is 8.32. The van der Waals surface area contributed by atoms with Crippen molar-refractivity contribution in [1.82, 2.24) is 10.2 Å². The Morgan fingerprint density at radius 2 is 1.82 bits per heavy atom. The van der Waals surface area contributed by atoms with E-state index in [0.29, 0.717) is 26.3 Å². The van der Waals surface area contributed by atoms with Gasteiger partial charge in [-0.2, -0.15) is 0 Å². The summed E-state index contributed by atoms with van der Waals surface area (Å²) in [5.41, 5.74) is 0. The lowest BCUT2D eigenvalue weighted by atomic mass is 10.3. The molecule has 0 saturated carbocycles. The van der Waals surface area contributed by atoms with E-state index in [-0.39, 0.29) is 11.9 Å². The van der Waals surface area contributed by atoms with E-state index in [0.717, 1.165) is 11.5 Å². The molecule has 6 heteroatoms. The first-order chi connectivity index (χ1) is 10.6. The summed E-state index contributed by atoms with van der Waals surface area (Å²) in [6.45, 7) is 4.08. The molecule has 1 amide bonds. The number of carbonyl (C=O) groups excluding carboxylic acids is 1. The fourth-order valence-corrected chi connectivity index (χ4v) is 1.80. The van der Waals surface area contributed by atoms with E-state index in [1.165, 1.54) is 0 Å². The Hall–Kier alpha value is -1.79. The van der Waals surface area contributed by atoms with Crippen LogP contribution in [0.1, 0.15) is 6.92 Å². The highest BCUT2D eigenvalue weighted by Crippen LogP contribution is 2.16. The molecule has 124 valence electrons. The van der Waals surface area contributed by atoms with Crippen molar-refractivity contribution in [3.8, 4) is 11.5 Å². The van der Waals surface area contributed by atoms with Crippen LogP contribution in [0.25, 0.3) is 0 Å². The Morgan fingerprint density at radius 1 is 1.18 bits per heavy atom. The molecule has 0 saturated heterocycles. The first kappa shape index (κ1) is 18.3. The van der Waals surface area contributed by atoms with Gasteiger partial charge < -0.3 is 19.5 Å². The highest BCUT2D eigenvalue weighted by Gasteiger charge is 2.17. The number of hydrogen-bond donors (Lipinski definition) is 1. The van der Waals surface area contributed by atoms with Gasteiger partial charge in [-0.1, -0.05) is 0 Å². The van der Waals surface area contributed by atoms with Crippen LogP contribution in [0.2, 0.25) is 0 Å². The molecular weight excluding hydrogens is 284 g/mol. The lowest BCUT2D eigenvalue weighted by Gasteiger charge is -2.23. The number of carbonyl (C=O) groups is 1. The van der Waals surface area contributed by atoms with Crippen molar-refractivity contribution in [1.29, 1.82) is 0 Å². The zero-order valence-corrected chi connectivity index (χ0v) is 13.8. The standard InChI is InChI=1S/C16H26N2O4/c1-13(16(19)17-9-11-20-3)18(2)10-12-22-15-7-5-14(21-4)6-8-15/h5-8,13H,9-12H2,1-4H3,(H,17,19)/t13-/m0/s1. The van der Waals surface area contributed by atoms with E-state index in [1.807, 2.05) is 43.1 Å². The Bertz CT molecular complexity index is 436. The summed E-state index contributed by atoms with van der Waals surface area (Å²) in [6, 6.07) is 7.21. The summed E-state index contributed by atoms with van der Waals surface area (Å²) in [5.74, 6) is 1.57. The van der Waals surface area contributed by atoms with Crippen molar-refractivity contribution in [3.05, 3.63) is 24.3 Å². The minimum absolute atomic E-state index is 0.0102. The average Bonchev–Trinajstić information content (AvgIpc) is 2.54. The van der Waals surface area contributed by atoms with Crippen LogP contribution < -0.4 is 14.8 Å². The Morgan fingerprint density at radius 3 is 2.41 bits per heavy atom. The molecule has 0 aliphatic rings. The summed E-state index contributed by atoms with van der Waals surface area (Å²) < 4.78 is 15.7. The molecule has 1 atom stereocenters. The largest absolute Gasteiger partial charge is 0.497 e. The molecule has 0 spiro atoms. The molecule has 1 aromatic rings. The number of hydrogen-bond acceptors (Lipinski definition) is 5. The van der Waals surface area contributed by atoms with Gasteiger partial charge in [-0.25, -0.2) is 0 Å². The molecule has 1 N–H and O–H groups in total. The molecule has 0 aromatic heterocycles. The smallest absolute Gasteiger partial charge is 0.237 e. The molecular formula is C16H26N2O4. The summed E-state index contributed by atoms with van der Waals surface area (Å²) in [4.78, 5) is 13.9. The molecule has 0 unspecified atom stereocenters. The molecule has 0 bridgehead atoms. The monoisotopic (exact) mass is 310 g/mol. The third kappa shape index (κ3) is 6.32. The van der Waals surface area contributed by atoms with Gasteiger partial charge in [-0.3, -0.25) is 9.69 Å². The highest BCUT2D eigenvalue weighted by molar-refractivity contribution is 5.81. The molecule has 0 aliphatic heterocycles. The minimum Gasteiger partial charge on any atom is -0.497 e. The van der Waals surface area contributed by atoms with Crippen LogP contribution in [0.3, 0.4) is 0 Å². The normalized spacial score (nSPS) is 12.0. The van der Waals surface area contributed by atoms with E-state index < -0.39 is 0 Å². The van der Waals surface area contributed by atoms with E-state index >= 15 is 0 Å². The van der Waals surface area contributed by atoms with Crippen LogP contribution in [0.5, 0.6) is 11.5 Å². The van der Waals surface area contributed by atoms with Crippen molar-refractivity contribution in [2.75, 3.05) is 47.6 Å². The molecule has 0 radical (unpaired) electrons. The van der Waals surface area contributed by atoms with Crippen LogP contribution in [-0.2, 0) is 9.53 Å². The lowest BCUT2D eigenvalue weighted by molar-refractivity contribution is -0.125. The van der Waals surface area contributed by atoms with Gasteiger partial charge in [-0.05, 0) is 38.2 Å². The van der Waals surface area contributed by atoms with Crippen molar-refractivity contribution < 1.29 is 19.0 Å². The van der Waals surface area contributed by atoms with Crippen LogP contribution in [0.15, 0.2) is 24.3 Å². The fourth-order valence-electron chi connectivity index (χ4n) is 1.80. The van der Waals surface area contributed by atoms with Gasteiger partial charge in [0.25, 0.3) is 0 Å². The summed E-state index contributed by atoms with van der Waals surface area (Å²) in [6.07, 6.45) is 0. The van der Waals surface area contributed by atoms with Crippen LogP contribution in [-0.4, -0.2) is 64.4 Å². The molecule has 6 nitrogen and oxygen atoms in total. The molecule has 1 rings (SSSR count). The number of methoxy groups -OCH3 is 2. The Balaban J connectivity index is 2.28. The van der Waals surface area contributed by atoms with Gasteiger partial charge in [0.15, 0.2) is 0 Å². The SMILES string of the molecule is COCCNC(=O)[C@H](C)N(C)CCOc1ccc(OC)cc1. The molecule has 0 heterocycles. The average molecular weight is 310 g/mol. The third-order valence-electron chi connectivity index (χ3n) is 3.42. The minimum atomic E-state index is -0.212. The summed E-state index contributed by atoms with van der Waals surface area (Å²) >= 11 is 0. The number of rotatable bonds is 10. The molecule has 22 heavy (non-hydrogen) atoms. The zero-order valence-electron chi connectivity index (χ0n) is 13.8. The topological polar surface area (TPSA) is 60.0 Å². The number of nitrogens with zero attached hydrogens (tertiary/aromatic N) is 1. The second-order valence-corrected chi connectivity index (χ2v) is 4.96. The fraction of sp³-hybridized carbons (Fsp3) is 0.562. The molecule has 0 fully saturated rings. The van der Waals surface area contributed by atoms with Crippen molar-refractivity contribution >= 4 is 5.91 Å². The summed E-state index contributed by atoms with van der Waals surface area (Å²) in [5, 5.41) is 2.82. The third-order valence-corrected chi connectivity index (χ3v) is 3.42. The number of ether oxygens (including phenoxy) is 3. The second-order valence-electron chi connectivity index (χ2n) is 4.96. The predicted octanol–water partition coefficient (Wildman–Crippen LogP) is 1.16. The van der Waals surface area contributed by atoms with Crippen molar-refractivity contribution in [2.45, 2.75) is 13.0 Å². The highest BCUT2D eigenvalue weighted by atomic mass is 16.5. The van der Waals surface area contributed by atoms with Crippen molar-refractivity contribution in [3.63, 3.8) is 0 Å². The molecule has 0 aliphatic carbocycles. The van der Waals surface area contributed by atoms with E-state index in [4.69, 9.17) is 14.2 Å². The first-order valence-electron chi connectivity index (χ1n) is 7.32. The number of amides is 1. The predicted molar refractivity (Wildman–Crippen MR) is 85.5 cm³/mol. The maximum Gasteiger partial charge on any atom is 0.237 e. The van der Waals surface area contributed by atoms with E-state index in [9.17, 15) is 4.79 Å². The lowest BCUT2D eigenvalue weighted by Crippen LogP contribution is -2.45.